The Labute approximate surface area is 111 Å². The maximum Gasteiger partial charge on any atom is 0.322 e. The number of nitrogens with two attached hydrogens (primary N) is 1. The fourth-order valence-electron chi connectivity index (χ4n) is 1.58. The molecule has 0 aliphatic carbocycles. The van der Waals surface area contributed by atoms with Crippen LogP contribution in [0.25, 0.3) is 0 Å². The van der Waals surface area contributed by atoms with Gasteiger partial charge in [0.2, 0.25) is 5.91 Å². The van der Waals surface area contributed by atoms with Crippen molar-refractivity contribution >= 4 is 21.7 Å². The van der Waals surface area contributed by atoms with Crippen LogP contribution >= 0.6 is 0 Å². The van der Waals surface area contributed by atoms with Gasteiger partial charge in [-0.25, -0.2) is 8.42 Å². The van der Waals surface area contributed by atoms with E-state index in [9.17, 15) is 18.0 Å². The molecule has 0 aliphatic rings. The van der Waals surface area contributed by atoms with Crippen molar-refractivity contribution in [2.24, 2.45) is 5.73 Å². The van der Waals surface area contributed by atoms with Gasteiger partial charge in [0.15, 0.2) is 15.1 Å². The summed E-state index contributed by atoms with van der Waals surface area (Å²) in [6.45, 7) is 0. The highest BCUT2D eigenvalue weighted by Gasteiger charge is 2.32. The van der Waals surface area contributed by atoms with Crippen molar-refractivity contribution < 1.29 is 23.1 Å². The number of carbonyl (C=O) groups is 2. The second-order valence-electron chi connectivity index (χ2n) is 4.10. The van der Waals surface area contributed by atoms with Crippen LogP contribution in [-0.2, 0) is 25.8 Å². The van der Waals surface area contributed by atoms with Crippen LogP contribution in [0, 0.1) is 0 Å². The number of hydrogen-bond donors (Lipinski definition) is 2. The highest BCUT2D eigenvalue weighted by atomic mass is 32.2. The first-order valence-electron chi connectivity index (χ1n) is 5.59. The number of carbonyl (C=O) groups excluding carboxylic acids is 1. The first-order chi connectivity index (χ1) is 8.83. The van der Waals surface area contributed by atoms with Gasteiger partial charge in [-0.3, -0.25) is 9.59 Å². The van der Waals surface area contributed by atoms with Gasteiger partial charge in [-0.05, 0) is 12.0 Å². The van der Waals surface area contributed by atoms with Crippen LogP contribution in [0.3, 0.4) is 0 Å². The van der Waals surface area contributed by atoms with Crippen LogP contribution in [0.15, 0.2) is 30.3 Å². The number of carboxylic acids is 1. The summed E-state index contributed by atoms with van der Waals surface area (Å²) in [5, 5.41) is 7.48. The molecule has 6 nitrogen and oxygen atoms in total. The molecule has 104 valence electrons. The molecule has 19 heavy (non-hydrogen) atoms. The molecule has 0 spiro atoms. The van der Waals surface area contributed by atoms with Gasteiger partial charge in [0, 0.05) is 6.42 Å². The van der Waals surface area contributed by atoms with E-state index in [-0.39, 0.29) is 12.8 Å². The summed E-state index contributed by atoms with van der Waals surface area (Å²) >= 11 is 0. The van der Waals surface area contributed by atoms with Crippen molar-refractivity contribution in [1.82, 2.24) is 0 Å². The smallest absolute Gasteiger partial charge is 0.322 e. The highest BCUT2D eigenvalue weighted by Crippen LogP contribution is 2.12. The largest absolute Gasteiger partial charge is 0.480 e. The molecule has 0 saturated heterocycles. The Bertz CT molecular complexity index is 553. The summed E-state index contributed by atoms with van der Waals surface area (Å²) in [6.07, 6.45) is -0.502. The third-order valence-electron chi connectivity index (χ3n) is 2.61. The molecule has 7 heteroatoms. The molecule has 0 aliphatic heterocycles. The Hall–Kier alpha value is -1.89. The number of hydrogen-bond acceptors (Lipinski definition) is 4. The molecule has 0 heterocycles. The molecule has 0 radical (unpaired) electrons. The minimum Gasteiger partial charge on any atom is -0.480 e. The lowest BCUT2D eigenvalue weighted by molar-refractivity contribution is -0.136. The Kier molecular flexibility index (Phi) is 5.05. The van der Waals surface area contributed by atoms with Crippen LogP contribution in [0.4, 0.5) is 0 Å². The van der Waals surface area contributed by atoms with Gasteiger partial charge >= 0.3 is 5.97 Å². The molecule has 1 aromatic rings. The zero-order valence-electron chi connectivity index (χ0n) is 10.2. The zero-order valence-corrected chi connectivity index (χ0v) is 11.0. The quantitative estimate of drug-likeness (QED) is 0.730. The van der Waals surface area contributed by atoms with Gasteiger partial charge < -0.3 is 10.8 Å². The van der Waals surface area contributed by atoms with E-state index in [1.54, 1.807) is 30.3 Å². The third kappa shape index (κ3) is 4.70. The first kappa shape index (κ1) is 15.2. The van der Waals surface area contributed by atoms with E-state index < -0.39 is 32.7 Å². The van der Waals surface area contributed by atoms with Crippen molar-refractivity contribution in [2.45, 2.75) is 18.1 Å². The van der Waals surface area contributed by atoms with Crippen molar-refractivity contribution in [1.29, 1.82) is 0 Å². The maximum atomic E-state index is 11.9. The Balaban J connectivity index is 2.89. The van der Waals surface area contributed by atoms with Crippen LogP contribution in [-0.4, -0.2) is 36.4 Å². The van der Waals surface area contributed by atoms with Crippen LogP contribution in [0.5, 0.6) is 0 Å². The van der Waals surface area contributed by atoms with Crippen LogP contribution in [0.2, 0.25) is 0 Å². The van der Waals surface area contributed by atoms with E-state index in [1.807, 2.05) is 0 Å². The molecule has 0 bridgehead atoms. The fraction of sp³-hybridized carbons (Fsp3) is 0.333. The predicted molar refractivity (Wildman–Crippen MR) is 69.2 cm³/mol. The molecular weight excluding hydrogens is 270 g/mol. The molecule has 1 amide bonds. The summed E-state index contributed by atoms with van der Waals surface area (Å²) in [4.78, 5) is 21.7. The Morgan fingerprint density at radius 2 is 1.79 bits per heavy atom. The second-order valence-corrected chi connectivity index (χ2v) is 6.40. The summed E-state index contributed by atoms with van der Waals surface area (Å²) < 4.78 is 23.8. The summed E-state index contributed by atoms with van der Waals surface area (Å²) in [6, 6.07) is 8.45. The van der Waals surface area contributed by atoms with E-state index in [1.165, 1.54) is 0 Å². The average Bonchev–Trinajstić information content (AvgIpc) is 2.34. The molecular formula is C12H15NO5S. The lowest BCUT2D eigenvalue weighted by Crippen LogP contribution is -2.35. The van der Waals surface area contributed by atoms with E-state index in [4.69, 9.17) is 10.8 Å². The van der Waals surface area contributed by atoms with Gasteiger partial charge in [0.25, 0.3) is 0 Å². The normalized spacial score (nSPS) is 12.8. The average molecular weight is 285 g/mol. The fourth-order valence-corrected chi connectivity index (χ4v) is 3.10. The van der Waals surface area contributed by atoms with Crippen molar-refractivity contribution in [3.05, 3.63) is 35.9 Å². The molecule has 1 unspecified atom stereocenters. The van der Waals surface area contributed by atoms with Crippen molar-refractivity contribution in [3.63, 3.8) is 0 Å². The predicted octanol–water partition coefficient (Wildman–Crippen LogP) is -0.0275. The first-order valence-corrected chi connectivity index (χ1v) is 7.31. The van der Waals surface area contributed by atoms with Gasteiger partial charge in [0.1, 0.15) is 0 Å². The third-order valence-corrected chi connectivity index (χ3v) is 4.61. The molecule has 1 rings (SSSR count). The van der Waals surface area contributed by atoms with E-state index in [0.717, 1.165) is 0 Å². The number of rotatable bonds is 7. The number of benzene rings is 1. The molecule has 0 fully saturated rings. The minimum atomic E-state index is -3.92. The number of primary amides is 1. The minimum absolute atomic E-state index is 0.128. The lowest BCUT2D eigenvalue weighted by atomic mass is 10.1. The SMILES string of the molecule is NC(=O)CCS(=O)(=O)C(Cc1ccccc1)C(=O)O. The summed E-state index contributed by atoms with van der Waals surface area (Å²) in [5.41, 5.74) is 5.49. The Morgan fingerprint density at radius 1 is 1.21 bits per heavy atom. The van der Waals surface area contributed by atoms with Crippen molar-refractivity contribution in [3.8, 4) is 0 Å². The standard InChI is InChI=1S/C12H15NO5S/c13-11(14)6-7-19(17,18)10(12(15)16)8-9-4-2-1-3-5-9/h1-5,10H,6-8H2,(H2,13,14)(H,15,16). The number of aliphatic carboxylic acids is 1. The van der Waals surface area contributed by atoms with Gasteiger partial charge in [-0.15, -0.1) is 0 Å². The zero-order chi connectivity index (χ0) is 14.5. The lowest BCUT2D eigenvalue weighted by Gasteiger charge is -2.13. The molecule has 3 N–H and O–H groups in total. The van der Waals surface area contributed by atoms with Crippen molar-refractivity contribution in [2.75, 3.05) is 5.75 Å². The topological polar surface area (TPSA) is 115 Å². The number of sulfone groups is 1. The monoisotopic (exact) mass is 285 g/mol. The summed E-state index contributed by atoms with van der Waals surface area (Å²) in [5.74, 6) is -2.74. The van der Waals surface area contributed by atoms with Gasteiger partial charge in [0.05, 0.1) is 5.75 Å². The molecule has 0 aromatic heterocycles. The summed E-state index contributed by atoms with van der Waals surface area (Å²) in [7, 11) is -3.92. The maximum absolute atomic E-state index is 11.9. The van der Waals surface area contributed by atoms with E-state index >= 15 is 0 Å². The molecule has 1 aromatic carbocycles. The van der Waals surface area contributed by atoms with Crippen LogP contribution in [0.1, 0.15) is 12.0 Å². The Morgan fingerprint density at radius 3 is 2.26 bits per heavy atom. The highest BCUT2D eigenvalue weighted by molar-refractivity contribution is 7.92. The molecule has 0 saturated carbocycles. The van der Waals surface area contributed by atoms with E-state index in [0.29, 0.717) is 5.56 Å². The van der Waals surface area contributed by atoms with Gasteiger partial charge in [-0.1, -0.05) is 30.3 Å². The number of amides is 1. The van der Waals surface area contributed by atoms with Crippen LogP contribution < -0.4 is 5.73 Å². The number of carboxylic acid groups (broad SMARTS) is 1. The molecule has 1 atom stereocenters. The second kappa shape index (κ2) is 6.33. The van der Waals surface area contributed by atoms with E-state index in [2.05, 4.69) is 0 Å². The van der Waals surface area contributed by atoms with Gasteiger partial charge in [-0.2, -0.15) is 0 Å².